The van der Waals surface area contributed by atoms with Crippen molar-refractivity contribution in [2.24, 2.45) is 0 Å². The van der Waals surface area contributed by atoms with Gasteiger partial charge in [-0.05, 0) is 42.4 Å². The Balaban J connectivity index is 1.85. The van der Waals surface area contributed by atoms with E-state index in [-0.39, 0.29) is 12.6 Å². The highest BCUT2D eigenvalue weighted by molar-refractivity contribution is 5.35. The van der Waals surface area contributed by atoms with Gasteiger partial charge in [-0.3, -0.25) is 0 Å². The van der Waals surface area contributed by atoms with E-state index in [0.717, 1.165) is 13.0 Å². The first kappa shape index (κ1) is 13.5. The Morgan fingerprint density at radius 2 is 2.17 bits per heavy atom. The summed E-state index contributed by atoms with van der Waals surface area (Å²) in [4.78, 5) is 0. The maximum absolute atomic E-state index is 9.27. The number of nitrogens with one attached hydrogen (secondary N) is 1. The number of rotatable bonds is 7. The molecule has 0 fully saturated rings. The Morgan fingerprint density at radius 3 is 2.94 bits per heavy atom. The summed E-state index contributed by atoms with van der Waals surface area (Å²) in [6.07, 6.45) is 4.59. The molecular weight excluding hydrogens is 226 g/mol. The van der Waals surface area contributed by atoms with Gasteiger partial charge < -0.3 is 15.2 Å². The average molecular weight is 249 g/mol. The van der Waals surface area contributed by atoms with Gasteiger partial charge in [0.1, 0.15) is 0 Å². The second-order valence-corrected chi connectivity index (χ2v) is 5.00. The van der Waals surface area contributed by atoms with Crippen molar-refractivity contribution in [3.63, 3.8) is 0 Å². The van der Waals surface area contributed by atoms with Crippen LogP contribution in [-0.2, 0) is 24.1 Å². The van der Waals surface area contributed by atoms with E-state index >= 15 is 0 Å². The molecule has 0 saturated heterocycles. The summed E-state index contributed by atoms with van der Waals surface area (Å²) in [7, 11) is 1.69. The molecule has 1 unspecified atom stereocenters. The molecule has 18 heavy (non-hydrogen) atoms. The van der Waals surface area contributed by atoms with Crippen LogP contribution in [0.1, 0.15) is 29.5 Å². The van der Waals surface area contributed by atoms with Crippen molar-refractivity contribution in [3.8, 4) is 0 Å². The fraction of sp³-hybridized carbons (Fsp3) is 0.600. The number of fused-ring (bicyclic) bond motifs is 1. The number of aliphatic hydroxyl groups excluding tert-OH is 1. The van der Waals surface area contributed by atoms with Crippen LogP contribution in [0, 0.1) is 0 Å². The highest BCUT2D eigenvalue weighted by atomic mass is 16.5. The largest absolute Gasteiger partial charge is 0.395 e. The van der Waals surface area contributed by atoms with Crippen molar-refractivity contribution < 1.29 is 9.84 Å². The van der Waals surface area contributed by atoms with Gasteiger partial charge in [-0.1, -0.05) is 18.2 Å². The van der Waals surface area contributed by atoms with Crippen LogP contribution in [0.4, 0.5) is 0 Å². The summed E-state index contributed by atoms with van der Waals surface area (Å²) >= 11 is 0. The van der Waals surface area contributed by atoms with Crippen molar-refractivity contribution in [2.75, 3.05) is 20.3 Å². The third-order valence-corrected chi connectivity index (χ3v) is 3.65. The SMILES string of the molecule is COCCC(CO)NCc1ccc2c(c1)CCC2. The fourth-order valence-electron chi connectivity index (χ4n) is 2.52. The van der Waals surface area contributed by atoms with Crippen LogP contribution in [0.2, 0.25) is 0 Å². The van der Waals surface area contributed by atoms with Crippen LogP contribution in [0.15, 0.2) is 18.2 Å². The van der Waals surface area contributed by atoms with E-state index in [1.807, 2.05) is 0 Å². The van der Waals surface area contributed by atoms with Crippen LogP contribution in [-0.4, -0.2) is 31.5 Å². The Bertz CT molecular complexity index is 379. The molecule has 0 radical (unpaired) electrons. The molecule has 100 valence electrons. The molecular formula is C15H23NO2. The monoisotopic (exact) mass is 249 g/mol. The molecule has 0 bridgehead atoms. The lowest BCUT2D eigenvalue weighted by molar-refractivity contribution is 0.159. The minimum absolute atomic E-state index is 0.123. The predicted molar refractivity (Wildman–Crippen MR) is 72.7 cm³/mol. The number of benzene rings is 1. The number of ether oxygens (including phenoxy) is 1. The Hall–Kier alpha value is -0.900. The van der Waals surface area contributed by atoms with E-state index in [4.69, 9.17) is 4.74 Å². The average Bonchev–Trinajstić information content (AvgIpc) is 2.86. The Morgan fingerprint density at radius 1 is 1.33 bits per heavy atom. The van der Waals surface area contributed by atoms with Crippen molar-refractivity contribution >= 4 is 0 Å². The van der Waals surface area contributed by atoms with Gasteiger partial charge in [0, 0.05) is 26.3 Å². The summed E-state index contributed by atoms with van der Waals surface area (Å²) < 4.78 is 5.04. The van der Waals surface area contributed by atoms with Gasteiger partial charge in [0.15, 0.2) is 0 Å². The van der Waals surface area contributed by atoms with Gasteiger partial charge in [-0.15, -0.1) is 0 Å². The van der Waals surface area contributed by atoms with Gasteiger partial charge in [-0.2, -0.15) is 0 Å². The highest BCUT2D eigenvalue weighted by Crippen LogP contribution is 2.22. The molecule has 0 saturated carbocycles. The van der Waals surface area contributed by atoms with Crippen LogP contribution >= 0.6 is 0 Å². The summed E-state index contributed by atoms with van der Waals surface area (Å²) in [6.45, 7) is 1.67. The number of hydrogen-bond acceptors (Lipinski definition) is 3. The number of aliphatic hydroxyl groups is 1. The molecule has 1 aromatic carbocycles. The van der Waals surface area contributed by atoms with Crippen LogP contribution in [0.5, 0.6) is 0 Å². The number of hydrogen-bond donors (Lipinski definition) is 2. The topological polar surface area (TPSA) is 41.5 Å². The molecule has 0 aromatic heterocycles. The second-order valence-electron chi connectivity index (χ2n) is 5.00. The third kappa shape index (κ3) is 3.55. The van der Waals surface area contributed by atoms with E-state index in [1.165, 1.54) is 36.0 Å². The standard InChI is InChI=1S/C15H23NO2/c1-18-8-7-15(11-17)16-10-12-5-6-13-3-2-4-14(13)9-12/h5-6,9,15-17H,2-4,7-8,10-11H2,1H3. The number of methoxy groups -OCH3 is 1. The lowest BCUT2D eigenvalue weighted by Gasteiger charge is -2.16. The van der Waals surface area contributed by atoms with Crippen molar-refractivity contribution in [3.05, 3.63) is 34.9 Å². The van der Waals surface area contributed by atoms with Crippen molar-refractivity contribution in [1.82, 2.24) is 5.32 Å². The molecule has 1 aromatic rings. The summed E-state index contributed by atoms with van der Waals surface area (Å²) in [6, 6.07) is 6.88. The predicted octanol–water partition coefficient (Wildman–Crippen LogP) is 1.66. The zero-order chi connectivity index (χ0) is 12.8. The van der Waals surface area contributed by atoms with Gasteiger partial charge in [0.25, 0.3) is 0 Å². The first-order valence-electron chi connectivity index (χ1n) is 6.77. The van der Waals surface area contributed by atoms with Gasteiger partial charge in [-0.25, -0.2) is 0 Å². The molecule has 0 aliphatic heterocycles. The Labute approximate surface area is 109 Å². The van der Waals surface area contributed by atoms with Gasteiger partial charge in [0.05, 0.1) is 6.61 Å². The van der Waals surface area contributed by atoms with E-state index in [1.54, 1.807) is 7.11 Å². The normalized spacial score (nSPS) is 15.7. The molecule has 2 N–H and O–H groups in total. The molecule has 1 atom stereocenters. The van der Waals surface area contributed by atoms with E-state index in [9.17, 15) is 5.11 Å². The maximum atomic E-state index is 9.27. The molecule has 3 nitrogen and oxygen atoms in total. The molecule has 1 aliphatic carbocycles. The van der Waals surface area contributed by atoms with Crippen LogP contribution in [0.25, 0.3) is 0 Å². The lowest BCUT2D eigenvalue weighted by Crippen LogP contribution is -2.33. The van der Waals surface area contributed by atoms with E-state index < -0.39 is 0 Å². The van der Waals surface area contributed by atoms with Gasteiger partial charge >= 0.3 is 0 Å². The minimum Gasteiger partial charge on any atom is -0.395 e. The summed E-state index contributed by atoms with van der Waals surface area (Å²) in [5, 5.41) is 12.6. The quantitative estimate of drug-likeness (QED) is 0.772. The fourth-order valence-corrected chi connectivity index (χ4v) is 2.52. The highest BCUT2D eigenvalue weighted by Gasteiger charge is 2.11. The summed E-state index contributed by atoms with van der Waals surface area (Å²) in [5.41, 5.74) is 4.33. The zero-order valence-electron chi connectivity index (χ0n) is 11.1. The second kappa shape index (κ2) is 6.88. The minimum atomic E-state index is 0.123. The van der Waals surface area contributed by atoms with E-state index in [0.29, 0.717) is 6.61 Å². The van der Waals surface area contributed by atoms with Crippen LogP contribution in [0.3, 0.4) is 0 Å². The first-order chi connectivity index (χ1) is 8.83. The molecule has 2 rings (SSSR count). The Kier molecular flexibility index (Phi) is 5.17. The van der Waals surface area contributed by atoms with Gasteiger partial charge in [0.2, 0.25) is 0 Å². The third-order valence-electron chi connectivity index (χ3n) is 3.65. The van der Waals surface area contributed by atoms with Crippen LogP contribution < -0.4 is 5.32 Å². The maximum Gasteiger partial charge on any atom is 0.0585 e. The molecule has 1 aliphatic rings. The molecule has 0 spiro atoms. The van der Waals surface area contributed by atoms with E-state index in [2.05, 4.69) is 23.5 Å². The summed E-state index contributed by atoms with van der Waals surface area (Å²) in [5.74, 6) is 0. The van der Waals surface area contributed by atoms with Crippen molar-refractivity contribution in [1.29, 1.82) is 0 Å². The lowest BCUT2D eigenvalue weighted by atomic mass is 10.1. The smallest absolute Gasteiger partial charge is 0.0585 e. The zero-order valence-corrected chi connectivity index (χ0v) is 11.1. The van der Waals surface area contributed by atoms with Crippen molar-refractivity contribution in [2.45, 2.75) is 38.3 Å². The first-order valence-corrected chi connectivity index (χ1v) is 6.77. The molecule has 3 heteroatoms. The number of aryl methyl sites for hydroxylation is 2. The molecule has 0 amide bonds. The molecule has 0 heterocycles.